The number of nitrogens with one attached hydrogen (secondary N) is 3. The lowest BCUT2D eigenvalue weighted by molar-refractivity contribution is -0.114. The fourth-order valence-electron chi connectivity index (χ4n) is 3.19. The SMILES string of the molecule is CC(=O)Nc1cc(C(=O)NCc2c(C)cc(C)[nH]c2=O)c2cnn(C(C)C)c2n1. The van der Waals surface area contributed by atoms with Crippen LogP contribution in [0.15, 0.2) is 23.1 Å². The first-order chi connectivity index (χ1) is 13.7. The summed E-state index contributed by atoms with van der Waals surface area (Å²) in [6.45, 7) is 8.99. The summed E-state index contributed by atoms with van der Waals surface area (Å²) >= 11 is 0. The summed E-state index contributed by atoms with van der Waals surface area (Å²) in [6.07, 6.45) is 1.58. The van der Waals surface area contributed by atoms with E-state index in [1.807, 2.05) is 26.8 Å². The van der Waals surface area contributed by atoms with E-state index in [2.05, 4.69) is 25.7 Å². The molecule has 0 spiro atoms. The number of nitrogens with zero attached hydrogens (tertiary/aromatic N) is 3. The fourth-order valence-corrected chi connectivity index (χ4v) is 3.19. The van der Waals surface area contributed by atoms with E-state index in [-0.39, 0.29) is 35.8 Å². The van der Waals surface area contributed by atoms with E-state index >= 15 is 0 Å². The van der Waals surface area contributed by atoms with Crippen molar-refractivity contribution >= 4 is 28.7 Å². The Kier molecular flexibility index (Phi) is 5.49. The number of H-pyrrole nitrogens is 1. The minimum atomic E-state index is -0.383. The summed E-state index contributed by atoms with van der Waals surface area (Å²) < 4.78 is 1.69. The molecule has 3 rings (SSSR count). The summed E-state index contributed by atoms with van der Waals surface area (Å²) in [5, 5.41) is 10.3. The average Bonchev–Trinajstić information content (AvgIpc) is 3.03. The summed E-state index contributed by atoms with van der Waals surface area (Å²) in [7, 11) is 0. The maximum atomic E-state index is 12.9. The van der Waals surface area contributed by atoms with Gasteiger partial charge in [-0.3, -0.25) is 14.4 Å². The molecule has 0 saturated heterocycles. The van der Waals surface area contributed by atoms with Crippen LogP contribution in [-0.4, -0.2) is 31.6 Å². The molecule has 0 saturated carbocycles. The van der Waals surface area contributed by atoms with Crippen molar-refractivity contribution in [2.45, 2.75) is 47.2 Å². The molecule has 2 amide bonds. The third-order valence-electron chi connectivity index (χ3n) is 4.52. The van der Waals surface area contributed by atoms with Gasteiger partial charge in [-0.1, -0.05) is 0 Å². The molecule has 0 aromatic carbocycles. The Labute approximate surface area is 167 Å². The Morgan fingerprint density at radius 2 is 1.97 bits per heavy atom. The third kappa shape index (κ3) is 4.18. The molecule has 0 aliphatic heterocycles. The standard InChI is InChI=1S/C20H24N6O3/c1-10(2)26-18-16(9-22-26)14(7-17(25-18)24-13(5)27)19(28)21-8-15-11(3)6-12(4)23-20(15)29/h6-7,9-10H,8H2,1-5H3,(H,21,28)(H,23,29)(H,24,25,27). The van der Waals surface area contributed by atoms with Crippen molar-refractivity contribution in [1.82, 2.24) is 25.1 Å². The van der Waals surface area contributed by atoms with Gasteiger partial charge in [0, 0.05) is 30.8 Å². The molecule has 9 nitrogen and oxygen atoms in total. The fraction of sp³-hybridized carbons (Fsp3) is 0.350. The number of aromatic nitrogens is 4. The molecule has 9 heteroatoms. The number of amides is 2. The molecule has 152 valence electrons. The lowest BCUT2D eigenvalue weighted by Crippen LogP contribution is -2.28. The molecule has 0 aliphatic rings. The number of rotatable bonds is 5. The van der Waals surface area contributed by atoms with Crippen LogP contribution in [0.25, 0.3) is 11.0 Å². The van der Waals surface area contributed by atoms with Crippen molar-refractivity contribution in [2.24, 2.45) is 0 Å². The second kappa shape index (κ2) is 7.86. The highest BCUT2D eigenvalue weighted by atomic mass is 16.2. The van der Waals surface area contributed by atoms with E-state index in [9.17, 15) is 14.4 Å². The first-order valence-corrected chi connectivity index (χ1v) is 9.30. The highest BCUT2D eigenvalue weighted by molar-refractivity contribution is 6.07. The predicted octanol–water partition coefficient (Wildman–Crippen LogP) is 2.21. The van der Waals surface area contributed by atoms with Gasteiger partial charge in [-0.15, -0.1) is 0 Å². The molecule has 0 fully saturated rings. The second-order valence-electron chi connectivity index (χ2n) is 7.28. The smallest absolute Gasteiger partial charge is 0.253 e. The zero-order valence-electron chi connectivity index (χ0n) is 17.1. The summed E-state index contributed by atoms with van der Waals surface area (Å²) in [4.78, 5) is 43.8. The Hall–Kier alpha value is -3.49. The Morgan fingerprint density at radius 3 is 2.59 bits per heavy atom. The highest BCUT2D eigenvalue weighted by Crippen LogP contribution is 2.23. The highest BCUT2D eigenvalue weighted by Gasteiger charge is 2.19. The van der Waals surface area contributed by atoms with E-state index in [1.165, 1.54) is 13.0 Å². The Morgan fingerprint density at radius 1 is 1.24 bits per heavy atom. The number of fused-ring (bicyclic) bond motifs is 1. The summed E-state index contributed by atoms with van der Waals surface area (Å²) in [6, 6.07) is 3.39. The van der Waals surface area contributed by atoms with Gasteiger partial charge in [0.05, 0.1) is 17.1 Å². The minimum Gasteiger partial charge on any atom is -0.348 e. The van der Waals surface area contributed by atoms with Crippen LogP contribution in [0, 0.1) is 13.8 Å². The lowest BCUT2D eigenvalue weighted by Gasteiger charge is -2.11. The van der Waals surface area contributed by atoms with E-state index in [0.29, 0.717) is 22.2 Å². The van der Waals surface area contributed by atoms with Crippen molar-refractivity contribution in [3.05, 3.63) is 51.1 Å². The van der Waals surface area contributed by atoms with Gasteiger partial charge in [-0.05, 0) is 45.4 Å². The number of aromatic amines is 1. The van der Waals surface area contributed by atoms with Crippen LogP contribution in [0.3, 0.4) is 0 Å². The molecule has 0 bridgehead atoms. The maximum Gasteiger partial charge on any atom is 0.253 e. The van der Waals surface area contributed by atoms with Crippen LogP contribution in [0.1, 0.15) is 54.0 Å². The van der Waals surface area contributed by atoms with Crippen LogP contribution in [0.2, 0.25) is 0 Å². The van der Waals surface area contributed by atoms with Crippen molar-refractivity contribution in [2.75, 3.05) is 5.32 Å². The molecule has 0 unspecified atom stereocenters. The molecule has 3 aromatic heterocycles. The summed E-state index contributed by atoms with van der Waals surface area (Å²) in [5.74, 6) is -0.408. The molecule has 29 heavy (non-hydrogen) atoms. The molecule has 3 aromatic rings. The van der Waals surface area contributed by atoms with Gasteiger partial charge in [0.2, 0.25) is 5.91 Å². The van der Waals surface area contributed by atoms with E-state index in [4.69, 9.17) is 0 Å². The lowest BCUT2D eigenvalue weighted by atomic mass is 10.1. The molecule has 0 atom stereocenters. The maximum absolute atomic E-state index is 12.9. The third-order valence-corrected chi connectivity index (χ3v) is 4.52. The van der Waals surface area contributed by atoms with Crippen molar-refractivity contribution in [3.63, 3.8) is 0 Å². The quantitative estimate of drug-likeness (QED) is 0.610. The van der Waals surface area contributed by atoms with Crippen LogP contribution >= 0.6 is 0 Å². The monoisotopic (exact) mass is 396 g/mol. The molecular formula is C20H24N6O3. The molecular weight excluding hydrogens is 372 g/mol. The number of anilines is 1. The van der Waals surface area contributed by atoms with Gasteiger partial charge in [-0.25, -0.2) is 9.67 Å². The van der Waals surface area contributed by atoms with E-state index in [1.54, 1.807) is 17.8 Å². The van der Waals surface area contributed by atoms with Crippen molar-refractivity contribution < 1.29 is 9.59 Å². The number of aryl methyl sites for hydroxylation is 2. The van der Waals surface area contributed by atoms with Crippen LogP contribution in [0.5, 0.6) is 0 Å². The van der Waals surface area contributed by atoms with Gasteiger partial charge >= 0.3 is 0 Å². The average molecular weight is 396 g/mol. The van der Waals surface area contributed by atoms with Crippen molar-refractivity contribution in [1.29, 1.82) is 0 Å². The van der Waals surface area contributed by atoms with E-state index < -0.39 is 0 Å². The van der Waals surface area contributed by atoms with Gasteiger partial charge < -0.3 is 15.6 Å². The number of hydrogen-bond acceptors (Lipinski definition) is 5. The van der Waals surface area contributed by atoms with Crippen LogP contribution < -0.4 is 16.2 Å². The summed E-state index contributed by atoms with van der Waals surface area (Å²) in [5.41, 5.74) is 2.66. The van der Waals surface area contributed by atoms with Crippen molar-refractivity contribution in [3.8, 4) is 0 Å². The molecule has 0 radical (unpaired) electrons. The predicted molar refractivity (Wildman–Crippen MR) is 110 cm³/mol. The first-order valence-electron chi connectivity index (χ1n) is 9.30. The number of carbonyl (C=O) groups excluding carboxylic acids is 2. The number of carbonyl (C=O) groups is 2. The molecule has 3 heterocycles. The number of hydrogen-bond donors (Lipinski definition) is 3. The topological polar surface area (TPSA) is 122 Å². The van der Waals surface area contributed by atoms with Gasteiger partial charge in [0.15, 0.2) is 5.65 Å². The largest absolute Gasteiger partial charge is 0.348 e. The van der Waals surface area contributed by atoms with Crippen LogP contribution in [-0.2, 0) is 11.3 Å². The van der Waals surface area contributed by atoms with Gasteiger partial charge in [0.25, 0.3) is 11.5 Å². The Balaban J connectivity index is 1.98. The minimum absolute atomic E-state index is 0.0252. The van der Waals surface area contributed by atoms with Gasteiger partial charge in [0.1, 0.15) is 5.82 Å². The zero-order valence-corrected chi connectivity index (χ0v) is 17.1. The van der Waals surface area contributed by atoms with E-state index in [0.717, 1.165) is 11.3 Å². The number of pyridine rings is 2. The Bertz CT molecular complexity index is 1160. The first kappa shape index (κ1) is 20.2. The van der Waals surface area contributed by atoms with Gasteiger partial charge in [-0.2, -0.15) is 5.10 Å². The van der Waals surface area contributed by atoms with Crippen LogP contribution in [0.4, 0.5) is 5.82 Å². The molecule has 0 aliphatic carbocycles. The zero-order chi connectivity index (χ0) is 21.3. The second-order valence-corrected chi connectivity index (χ2v) is 7.28. The normalized spacial score (nSPS) is 11.1. The molecule has 3 N–H and O–H groups in total.